The molecule has 1 amide bonds. The van der Waals surface area contributed by atoms with E-state index in [4.69, 9.17) is 10.3 Å². The number of hydrogen-bond acceptors (Lipinski definition) is 4. The van der Waals surface area contributed by atoms with Crippen LogP contribution >= 0.6 is 0 Å². The average molecular weight is 239 g/mol. The van der Waals surface area contributed by atoms with Crippen LogP contribution in [0.15, 0.2) is 0 Å². The fraction of sp³-hybridized carbons (Fsp3) is 0.875. The first-order chi connectivity index (χ1) is 6.74. The summed E-state index contributed by atoms with van der Waals surface area (Å²) < 4.78 is 29.1. The van der Waals surface area contributed by atoms with Crippen LogP contribution in [0.1, 0.15) is 20.3 Å². The van der Waals surface area contributed by atoms with Crippen molar-refractivity contribution in [3.05, 3.63) is 0 Å². The Morgan fingerprint density at radius 2 is 2.00 bits per heavy atom. The zero-order valence-corrected chi connectivity index (χ0v) is 9.75. The molecule has 0 unspecified atom stereocenters. The molecule has 15 heavy (non-hydrogen) atoms. The number of amides is 1. The summed E-state index contributed by atoms with van der Waals surface area (Å²) in [5.41, 5.74) is 5.55. The zero-order valence-electron chi connectivity index (χ0n) is 8.93. The molecule has 7 heteroatoms. The van der Waals surface area contributed by atoms with Gasteiger partial charge >= 0.3 is 0 Å². The first kappa shape index (κ1) is 14.3. The van der Waals surface area contributed by atoms with Crippen molar-refractivity contribution < 1.29 is 17.8 Å². The Morgan fingerprint density at radius 1 is 1.47 bits per heavy atom. The fourth-order valence-electron chi connectivity index (χ4n) is 0.887. The molecule has 0 heterocycles. The predicted molar refractivity (Wildman–Crippen MR) is 56.9 cm³/mol. The van der Waals surface area contributed by atoms with Crippen molar-refractivity contribution in [3.8, 4) is 0 Å². The second-order valence-electron chi connectivity index (χ2n) is 3.70. The smallest absolute Gasteiger partial charge is 0.264 e. The second kappa shape index (κ2) is 6.04. The van der Waals surface area contributed by atoms with Gasteiger partial charge in [-0.05, 0) is 12.3 Å². The molecule has 0 aromatic rings. The van der Waals surface area contributed by atoms with E-state index < -0.39 is 16.2 Å². The minimum atomic E-state index is -3.94. The Labute approximate surface area is 90.0 Å². The highest BCUT2D eigenvalue weighted by molar-refractivity contribution is 7.85. The molecule has 0 rings (SSSR count). The topological polar surface area (TPSA) is 109 Å². The van der Waals surface area contributed by atoms with E-state index in [0.717, 1.165) is 0 Å². The Hall–Kier alpha value is -0.660. The Balaban J connectivity index is 3.74. The maximum atomic E-state index is 11.3. The molecule has 0 aliphatic heterocycles. The van der Waals surface area contributed by atoms with Gasteiger partial charge in [-0.2, -0.15) is 8.42 Å². The highest BCUT2D eigenvalue weighted by Crippen LogP contribution is 1.97. The first-order valence-electron chi connectivity index (χ1n) is 4.72. The van der Waals surface area contributed by atoms with E-state index in [-0.39, 0.29) is 30.5 Å². The molecule has 4 N–H and O–H groups in total. The van der Waals surface area contributed by atoms with Gasteiger partial charge in [0.2, 0.25) is 5.91 Å². The van der Waals surface area contributed by atoms with E-state index in [9.17, 15) is 13.2 Å². The molecule has 0 radical (unpaired) electrons. The lowest BCUT2D eigenvalue weighted by Gasteiger charge is -2.14. The van der Waals surface area contributed by atoms with Crippen molar-refractivity contribution in [2.45, 2.75) is 26.3 Å². The summed E-state index contributed by atoms with van der Waals surface area (Å²) in [7, 11) is -3.94. The quantitative estimate of drug-likeness (QED) is 0.324. The van der Waals surface area contributed by atoms with Crippen molar-refractivity contribution in [1.29, 1.82) is 0 Å². The zero-order chi connectivity index (χ0) is 12.1. The summed E-state index contributed by atoms with van der Waals surface area (Å²) in [6, 6.07) is -0.587. The summed E-state index contributed by atoms with van der Waals surface area (Å²) in [5.74, 6) is -0.628. The van der Waals surface area contributed by atoms with Crippen LogP contribution in [0.25, 0.3) is 0 Å². The van der Waals surface area contributed by atoms with Gasteiger partial charge in [0.05, 0.1) is 11.8 Å². The third-order valence-corrected chi connectivity index (χ3v) is 2.70. The van der Waals surface area contributed by atoms with Crippen LogP contribution in [0.2, 0.25) is 0 Å². The molecule has 90 valence electrons. The van der Waals surface area contributed by atoms with Gasteiger partial charge in [0.15, 0.2) is 0 Å². The predicted octanol–water partition coefficient (Wildman–Crippen LogP) is -0.636. The van der Waals surface area contributed by atoms with Crippen LogP contribution in [-0.4, -0.2) is 37.2 Å². The first-order valence-corrected chi connectivity index (χ1v) is 6.33. The van der Waals surface area contributed by atoms with Gasteiger partial charge < -0.3 is 11.1 Å². The molecule has 0 aliphatic carbocycles. The van der Waals surface area contributed by atoms with Crippen LogP contribution in [-0.2, 0) is 14.9 Å². The normalized spacial score (nSPS) is 13.9. The molecule has 0 bridgehead atoms. The van der Waals surface area contributed by atoms with Crippen LogP contribution in [0.3, 0.4) is 0 Å². The second-order valence-corrected chi connectivity index (χ2v) is 5.27. The van der Waals surface area contributed by atoms with E-state index in [2.05, 4.69) is 5.32 Å². The molecule has 0 saturated heterocycles. The number of carbonyl (C=O) groups is 1. The summed E-state index contributed by atoms with van der Waals surface area (Å²) >= 11 is 0. The van der Waals surface area contributed by atoms with Crippen molar-refractivity contribution in [3.63, 3.8) is 0 Å². The molecule has 0 aromatic carbocycles. The highest BCUT2D eigenvalue weighted by atomic mass is 32.2. The Kier molecular flexibility index (Phi) is 5.77. The number of rotatable bonds is 6. The van der Waals surface area contributed by atoms with E-state index in [0.29, 0.717) is 0 Å². The fourth-order valence-corrected chi connectivity index (χ4v) is 1.40. The number of nitrogens with two attached hydrogens (primary N) is 1. The van der Waals surface area contributed by atoms with Gasteiger partial charge in [-0.25, -0.2) is 0 Å². The number of carbonyl (C=O) groups excluding carboxylic acids is 1. The molecule has 0 fully saturated rings. The van der Waals surface area contributed by atoms with Crippen molar-refractivity contribution in [1.82, 2.24) is 5.32 Å². The van der Waals surface area contributed by atoms with Crippen LogP contribution in [0.5, 0.6) is 0 Å². The monoisotopic (exact) mass is 239 g/mol. The lowest BCUT2D eigenvalue weighted by Crippen LogP contribution is -2.44. The van der Waals surface area contributed by atoms with Gasteiger partial charge in [-0.3, -0.25) is 9.35 Å². The number of hydrogen-bond donors (Lipinski definition) is 3. The van der Waals surface area contributed by atoms with Crippen LogP contribution < -0.4 is 11.1 Å². The Bertz CT molecular complexity index is 300. The largest absolute Gasteiger partial charge is 0.355 e. The van der Waals surface area contributed by atoms with E-state index >= 15 is 0 Å². The standard InChI is InChI=1S/C8H18N2O4S/c1-6(2)7(9)8(11)10-4-3-5-15(12,13)14/h6-7H,3-5,9H2,1-2H3,(H,10,11)(H,12,13,14)/t7-/m0/s1/i8+1. The van der Waals surface area contributed by atoms with Crippen LogP contribution in [0, 0.1) is 5.92 Å². The average Bonchev–Trinajstić information content (AvgIpc) is 2.09. The minimum absolute atomic E-state index is 0.0339. The third-order valence-electron chi connectivity index (χ3n) is 1.90. The van der Waals surface area contributed by atoms with E-state index in [1.807, 2.05) is 13.8 Å². The molecule has 0 spiro atoms. The van der Waals surface area contributed by atoms with Crippen molar-refractivity contribution in [2.24, 2.45) is 11.7 Å². The summed E-state index contributed by atoms with van der Waals surface area (Å²) in [6.07, 6.45) is 0.176. The molecular formula is C8H18N2O4S. The highest BCUT2D eigenvalue weighted by Gasteiger charge is 2.16. The summed E-state index contributed by atoms with van der Waals surface area (Å²) in [6.45, 7) is 3.84. The minimum Gasteiger partial charge on any atom is -0.355 e. The Morgan fingerprint density at radius 3 is 2.40 bits per heavy atom. The van der Waals surface area contributed by atoms with Gasteiger partial charge in [0.25, 0.3) is 10.1 Å². The van der Waals surface area contributed by atoms with E-state index in [1.54, 1.807) is 0 Å². The molecular weight excluding hydrogens is 221 g/mol. The van der Waals surface area contributed by atoms with Crippen molar-refractivity contribution >= 4 is 16.0 Å². The molecule has 6 nitrogen and oxygen atoms in total. The third kappa shape index (κ3) is 7.29. The molecule has 0 aliphatic rings. The van der Waals surface area contributed by atoms with Crippen molar-refractivity contribution in [2.75, 3.05) is 12.3 Å². The SMILES string of the molecule is CC(C)[C@H](N)[13C](=O)NCCCS(=O)(=O)O. The van der Waals surface area contributed by atoms with Gasteiger partial charge in [-0.15, -0.1) is 0 Å². The lowest BCUT2D eigenvalue weighted by atomic mass is 10.1. The summed E-state index contributed by atoms with van der Waals surface area (Å²) in [4.78, 5) is 11.3. The molecule has 1 atom stereocenters. The van der Waals surface area contributed by atoms with Gasteiger partial charge in [-0.1, -0.05) is 13.8 Å². The maximum absolute atomic E-state index is 11.3. The molecule has 0 saturated carbocycles. The molecule has 0 aromatic heterocycles. The maximum Gasteiger partial charge on any atom is 0.264 e. The lowest BCUT2D eigenvalue weighted by molar-refractivity contribution is -0.123. The number of nitrogens with one attached hydrogen (secondary N) is 1. The van der Waals surface area contributed by atoms with Gasteiger partial charge in [0.1, 0.15) is 0 Å². The summed E-state index contributed by atoms with van der Waals surface area (Å²) in [5, 5.41) is 2.50. The van der Waals surface area contributed by atoms with E-state index in [1.165, 1.54) is 0 Å². The van der Waals surface area contributed by atoms with Gasteiger partial charge in [0, 0.05) is 6.54 Å². The van der Waals surface area contributed by atoms with Crippen LogP contribution in [0.4, 0.5) is 0 Å².